The standard InChI is InChI=1S/C21H24N2O3S/c1-16-7-4-5-13-22(16)21(24)18-9-6-10-19(15-18)27(25,26)23-14-12-17-8-2-3-11-20(17)23/h2-3,6,8-11,15-16H,4-5,7,12-14H2,1H3/t16-/m0/s1. The summed E-state index contributed by atoms with van der Waals surface area (Å²) >= 11 is 0. The molecule has 0 saturated carbocycles. The molecule has 2 aromatic carbocycles. The Morgan fingerprint density at radius 1 is 1.04 bits per heavy atom. The third-order valence-electron chi connectivity index (χ3n) is 5.58. The lowest BCUT2D eigenvalue weighted by atomic mass is 10.0. The topological polar surface area (TPSA) is 57.7 Å². The Morgan fingerprint density at radius 3 is 2.67 bits per heavy atom. The molecule has 1 amide bonds. The van der Waals surface area contributed by atoms with Crippen LogP contribution in [-0.2, 0) is 16.4 Å². The number of carbonyl (C=O) groups excluding carboxylic acids is 1. The number of piperidine rings is 1. The van der Waals surface area contributed by atoms with E-state index >= 15 is 0 Å². The van der Waals surface area contributed by atoms with Crippen molar-refractivity contribution in [2.45, 2.75) is 43.5 Å². The Balaban J connectivity index is 1.65. The van der Waals surface area contributed by atoms with Gasteiger partial charge in [-0.05, 0) is 62.4 Å². The number of para-hydroxylation sites is 1. The molecule has 0 unspecified atom stereocenters. The zero-order valence-corrected chi connectivity index (χ0v) is 16.3. The number of sulfonamides is 1. The van der Waals surface area contributed by atoms with Gasteiger partial charge in [-0.2, -0.15) is 0 Å². The van der Waals surface area contributed by atoms with Gasteiger partial charge in [0.05, 0.1) is 10.6 Å². The maximum absolute atomic E-state index is 13.2. The van der Waals surface area contributed by atoms with E-state index < -0.39 is 10.0 Å². The molecule has 0 radical (unpaired) electrons. The molecule has 2 heterocycles. The van der Waals surface area contributed by atoms with Crippen LogP contribution in [0.1, 0.15) is 42.1 Å². The molecule has 2 aliphatic heterocycles. The molecule has 2 aliphatic rings. The molecule has 5 nitrogen and oxygen atoms in total. The minimum Gasteiger partial charge on any atom is -0.336 e. The summed E-state index contributed by atoms with van der Waals surface area (Å²) in [6.07, 6.45) is 3.83. The van der Waals surface area contributed by atoms with E-state index in [2.05, 4.69) is 6.92 Å². The maximum Gasteiger partial charge on any atom is 0.264 e. The lowest BCUT2D eigenvalue weighted by Crippen LogP contribution is -2.42. The molecule has 0 aromatic heterocycles. The highest BCUT2D eigenvalue weighted by molar-refractivity contribution is 7.92. The SMILES string of the molecule is C[C@H]1CCCCN1C(=O)c1cccc(S(=O)(=O)N2CCc3ccccc32)c1. The number of hydrogen-bond acceptors (Lipinski definition) is 3. The molecular formula is C21H24N2O3S. The summed E-state index contributed by atoms with van der Waals surface area (Å²) in [5.41, 5.74) is 2.21. The predicted octanol–water partition coefficient (Wildman–Crippen LogP) is 3.45. The van der Waals surface area contributed by atoms with Crippen LogP contribution in [0.5, 0.6) is 0 Å². The van der Waals surface area contributed by atoms with E-state index in [0.717, 1.165) is 37.1 Å². The van der Waals surface area contributed by atoms with E-state index in [4.69, 9.17) is 0 Å². The second-order valence-electron chi connectivity index (χ2n) is 7.33. The lowest BCUT2D eigenvalue weighted by molar-refractivity contribution is 0.0635. The first-order valence-electron chi connectivity index (χ1n) is 9.50. The van der Waals surface area contributed by atoms with Crippen molar-refractivity contribution in [1.29, 1.82) is 0 Å². The molecule has 0 N–H and O–H groups in total. The highest BCUT2D eigenvalue weighted by atomic mass is 32.2. The molecule has 142 valence electrons. The van der Waals surface area contributed by atoms with Crippen molar-refractivity contribution in [3.05, 3.63) is 59.7 Å². The number of benzene rings is 2. The van der Waals surface area contributed by atoms with Crippen molar-refractivity contribution in [2.75, 3.05) is 17.4 Å². The molecule has 0 spiro atoms. The average Bonchev–Trinajstić information content (AvgIpc) is 3.13. The van der Waals surface area contributed by atoms with Crippen LogP contribution in [0, 0.1) is 0 Å². The molecule has 1 saturated heterocycles. The van der Waals surface area contributed by atoms with Crippen LogP contribution in [0.25, 0.3) is 0 Å². The third kappa shape index (κ3) is 3.23. The van der Waals surface area contributed by atoms with Gasteiger partial charge in [0.15, 0.2) is 0 Å². The Hall–Kier alpha value is -2.34. The van der Waals surface area contributed by atoms with E-state index in [1.807, 2.05) is 29.2 Å². The number of hydrogen-bond donors (Lipinski definition) is 0. The summed E-state index contributed by atoms with van der Waals surface area (Å²) in [7, 11) is -3.69. The van der Waals surface area contributed by atoms with Crippen LogP contribution in [0.3, 0.4) is 0 Å². The maximum atomic E-state index is 13.2. The summed E-state index contributed by atoms with van der Waals surface area (Å²) in [5.74, 6) is -0.0823. The zero-order chi connectivity index (χ0) is 19.0. The van der Waals surface area contributed by atoms with Crippen LogP contribution in [-0.4, -0.2) is 38.4 Å². The van der Waals surface area contributed by atoms with Crippen LogP contribution >= 0.6 is 0 Å². The van der Waals surface area contributed by atoms with Crippen molar-refractivity contribution >= 4 is 21.6 Å². The normalized spacial score (nSPS) is 19.8. The van der Waals surface area contributed by atoms with Crippen LogP contribution < -0.4 is 4.31 Å². The van der Waals surface area contributed by atoms with Crippen molar-refractivity contribution in [2.24, 2.45) is 0 Å². The highest BCUT2D eigenvalue weighted by Crippen LogP contribution is 2.33. The number of rotatable bonds is 3. The summed E-state index contributed by atoms with van der Waals surface area (Å²) in [5, 5.41) is 0. The van der Waals surface area contributed by atoms with E-state index in [-0.39, 0.29) is 16.8 Å². The van der Waals surface area contributed by atoms with Gasteiger partial charge in [-0.3, -0.25) is 9.10 Å². The molecule has 0 bridgehead atoms. The fourth-order valence-electron chi connectivity index (χ4n) is 4.04. The van der Waals surface area contributed by atoms with Crippen molar-refractivity contribution in [3.63, 3.8) is 0 Å². The average molecular weight is 385 g/mol. The van der Waals surface area contributed by atoms with Gasteiger partial charge in [0.2, 0.25) is 0 Å². The molecule has 0 aliphatic carbocycles. The molecule has 27 heavy (non-hydrogen) atoms. The molecule has 2 aromatic rings. The molecule has 6 heteroatoms. The van der Waals surface area contributed by atoms with Crippen LogP contribution in [0.4, 0.5) is 5.69 Å². The first-order valence-corrected chi connectivity index (χ1v) is 10.9. The predicted molar refractivity (Wildman–Crippen MR) is 105 cm³/mol. The highest BCUT2D eigenvalue weighted by Gasteiger charge is 2.31. The Morgan fingerprint density at radius 2 is 1.85 bits per heavy atom. The van der Waals surface area contributed by atoms with Crippen molar-refractivity contribution in [1.82, 2.24) is 4.90 Å². The van der Waals surface area contributed by atoms with E-state index in [1.54, 1.807) is 18.2 Å². The van der Waals surface area contributed by atoms with E-state index in [1.165, 1.54) is 10.4 Å². The zero-order valence-electron chi connectivity index (χ0n) is 15.5. The molecule has 1 atom stereocenters. The fourth-order valence-corrected chi connectivity index (χ4v) is 5.59. The number of amides is 1. The van der Waals surface area contributed by atoms with Gasteiger partial charge < -0.3 is 4.90 Å². The smallest absolute Gasteiger partial charge is 0.264 e. The van der Waals surface area contributed by atoms with E-state index in [9.17, 15) is 13.2 Å². The Bertz CT molecular complexity index is 971. The summed E-state index contributed by atoms with van der Waals surface area (Å²) in [6.45, 7) is 3.22. The van der Waals surface area contributed by atoms with Gasteiger partial charge in [0, 0.05) is 24.7 Å². The van der Waals surface area contributed by atoms with Crippen molar-refractivity contribution < 1.29 is 13.2 Å². The van der Waals surface area contributed by atoms with Gasteiger partial charge in [0.25, 0.3) is 15.9 Å². The van der Waals surface area contributed by atoms with Crippen LogP contribution in [0.15, 0.2) is 53.4 Å². The Labute approximate surface area is 160 Å². The molecule has 1 fully saturated rings. The fraction of sp³-hybridized carbons (Fsp3) is 0.381. The Kier molecular flexibility index (Phi) is 4.68. The largest absolute Gasteiger partial charge is 0.336 e. The number of anilines is 1. The summed E-state index contributed by atoms with van der Waals surface area (Å²) in [4.78, 5) is 15.0. The van der Waals surface area contributed by atoms with Gasteiger partial charge in [-0.15, -0.1) is 0 Å². The quantitative estimate of drug-likeness (QED) is 0.814. The van der Waals surface area contributed by atoms with Gasteiger partial charge in [0.1, 0.15) is 0 Å². The second kappa shape index (κ2) is 7.00. The minimum atomic E-state index is -3.69. The molecule has 4 rings (SSSR count). The second-order valence-corrected chi connectivity index (χ2v) is 9.19. The number of carbonyl (C=O) groups is 1. The van der Waals surface area contributed by atoms with Gasteiger partial charge in [-0.1, -0.05) is 24.3 Å². The first kappa shape index (κ1) is 18.0. The number of nitrogens with zero attached hydrogens (tertiary/aromatic N) is 2. The van der Waals surface area contributed by atoms with Crippen molar-refractivity contribution in [3.8, 4) is 0 Å². The minimum absolute atomic E-state index is 0.0823. The number of likely N-dealkylation sites (tertiary alicyclic amines) is 1. The van der Waals surface area contributed by atoms with Gasteiger partial charge >= 0.3 is 0 Å². The first-order chi connectivity index (χ1) is 13.0. The number of fused-ring (bicyclic) bond motifs is 1. The van der Waals surface area contributed by atoms with Crippen LogP contribution in [0.2, 0.25) is 0 Å². The summed E-state index contributed by atoms with van der Waals surface area (Å²) in [6, 6.07) is 14.2. The monoisotopic (exact) mass is 384 g/mol. The van der Waals surface area contributed by atoms with E-state index in [0.29, 0.717) is 18.5 Å². The third-order valence-corrected chi connectivity index (χ3v) is 7.39. The van der Waals surface area contributed by atoms with Gasteiger partial charge in [-0.25, -0.2) is 8.42 Å². The molecular weight excluding hydrogens is 360 g/mol. The lowest BCUT2D eigenvalue weighted by Gasteiger charge is -2.33. The summed E-state index contributed by atoms with van der Waals surface area (Å²) < 4.78 is 27.9.